The van der Waals surface area contributed by atoms with Crippen LogP contribution in [0, 0.1) is 13.8 Å². The van der Waals surface area contributed by atoms with Crippen LogP contribution in [-0.4, -0.2) is 20.1 Å². The SMILES string of the molecule is Cc1ccc(C)c(NS(=O)(=O)c2ccc(CCO)s2)c1. The minimum Gasteiger partial charge on any atom is -0.396 e. The molecule has 0 unspecified atom stereocenters. The second-order valence-corrected chi connectivity index (χ2v) is 7.70. The molecule has 0 bridgehead atoms. The van der Waals surface area contributed by atoms with Crippen molar-refractivity contribution in [2.45, 2.75) is 24.5 Å². The van der Waals surface area contributed by atoms with E-state index >= 15 is 0 Å². The predicted octanol–water partition coefficient (Wildman–Crippen LogP) is 2.70. The van der Waals surface area contributed by atoms with Crippen LogP contribution >= 0.6 is 11.3 Å². The van der Waals surface area contributed by atoms with Crippen molar-refractivity contribution in [1.82, 2.24) is 0 Å². The first kappa shape index (κ1) is 15.0. The Kier molecular flexibility index (Phi) is 4.47. The Morgan fingerprint density at radius 2 is 1.95 bits per heavy atom. The highest BCUT2D eigenvalue weighted by atomic mass is 32.2. The number of aliphatic hydroxyl groups excluding tert-OH is 1. The lowest BCUT2D eigenvalue weighted by Gasteiger charge is -2.10. The maximum absolute atomic E-state index is 12.3. The Hall–Kier alpha value is -1.37. The number of aryl methyl sites for hydroxylation is 2. The summed E-state index contributed by atoms with van der Waals surface area (Å²) >= 11 is 1.18. The summed E-state index contributed by atoms with van der Waals surface area (Å²) in [7, 11) is -3.56. The molecule has 0 aliphatic carbocycles. The van der Waals surface area contributed by atoms with Gasteiger partial charge in [0.2, 0.25) is 0 Å². The second kappa shape index (κ2) is 5.95. The van der Waals surface area contributed by atoms with Crippen molar-refractivity contribution in [2.24, 2.45) is 0 Å². The Morgan fingerprint density at radius 3 is 2.65 bits per heavy atom. The maximum Gasteiger partial charge on any atom is 0.271 e. The number of sulfonamides is 1. The summed E-state index contributed by atoms with van der Waals surface area (Å²) in [5.74, 6) is 0. The van der Waals surface area contributed by atoms with Gasteiger partial charge >= 0.3 is 0 Å². The molecular formula is C14H17NO3S2. The molecule has 1 heterocycles. The molecule has 0 radical (unpaired) electrons. The van der Waals surface area contributed by atoms with Crippen molar-refractivity contribution in [2.75, 3.05) is 11.3 Å². The van der Waals surface area contributed by atoms with Gasteiger partial charge in [0, 0.05) is 17.9 Å². The summed E-state index contributed by atoms with van der Waals surface area (Å²) in [4.78, 5) is 0.855. The monoisotopic (exact) mass is 311 g/mol. The number of aliphatic hydroxyl groups is 1. The zero-order valence-corrected chi connectivity index (χ0v) is 13.0. The predicted molar refractivity (Wildman–Crippen MR) is 81.8 cm³/mol. The minimum atomic E-state index is -3.56. The standard InChI is InChI=1S/C14H17NO3S2/c1-10-3-4-11(2)13(9-10)15-20(17,18)14-6-5-12(19-14)7-8-16/h3-6,9,15-16H,7-8H2,1-2H3. The largest absolute Gasteiger partial charge is 0.396 e. The highest BCUT2D eigenvalue weighted by Gasteiger charge is 2.17. The first-order chi connectivity index (χ1) is 9.42. The molecule has 0 amide bonds. The lowest BCUT2D eigenvalue weighted by molar-refractivity contribution is 0.300. The lowest BCUT2D eigenvalue weighted by atomic mass is 10.1. The van der Waals surface area contributed by atoms with Crippen LogP contribution in [0.1, 0.15) is 16.0 Å². The number of hydrogen-bond donors (Lipinski definition) is 2. The zero-order valence-electron chi connectivity index (χ0n) is 11.4. The van der Waals surface area contributed by atoms with Crippen LogP contribution in [0.15, 0.2) is 34.5 Å². The van der Waals surface area contributed by atoms with Gasteiger partial charge in [0.1, 0.15) is 4.21 Å². The van der Waals surface area contributed by atoms with E-state index < -0.39 is 10.0 Å². The van der Waals surface area contributed by atoms with Crippen molar-refractivity contribution in [3.63, 3.8) is 0 Å². The van der Waals surface area contributed by atoms with Gasteiger partial charge in [0.15, 0.2) is 0 Å². The van der Waals surface area contributed by atoms with Gasteiger partial charge in [-0.3, -0.25) is 4.72 Å². The molecule has 2 aromatic rings. The third-order valence-corrected chi connectivity index (χ3v) is 5.90. The molecule has 0 saturated carbocycles. The molecule has 4 nitrogen and oxygen atoms in total. The highest BCUT2D eigenvalue weighted by Crippen LogP contribution is 2.26. The minimum absolute atomic E-state index is 0.0183. The van der Waals surface area contributed by atoms with E-state index in [1.54, 1.807) is 12.1 Å². The van der Waals surface area contributed by atoms with Gasteiger partial charge in [0.05, 0.1) is 5.69 Å². The van der Waals surface area contributed by atoms with Gasteiger partial charge in [0.25, 0.3) is 10.0 Å². The molecule has 108 valence electrons. The number of nitrogens with one attached hydrogen (secondary N) is 1. The average Bonchev–Trinajstić information content (AvgIpc) is 2.83. The van der Waals surface area contributed by atoms with Crippen LogP contribution < -0.4 is 4.72 Å². The smallest absolute Gasteiger partial charge is 0.271 e. The van der Waals surface area contributed by atoms with Gasteiger partial charge < -0.3 is 5.11 Å². The molecule has 2 N–H and O–H groups in total. The summed E-state index contributed by atoms with van der Waals surface area (Å²) in [6.45, 7) is 3.80. The first-order valence-corrected chi connectivity index (χ1v) is 8.52. The lowest BCUT2D eigenvalue weighted by Crippen LogP contribution is -2.12. The first-order valence-electron chi connectivity index (χ1n) is 6.22. The molecule has 2 rings (SSSR count). The third-order valence-electron chi connectivity index (χ3n) is 2.90. The Morgan fingerprint density at radius 1 is 1.20 bits per heavy atom. The van der Waals surface area contributed by atoms with Crippen molar-refractivity contribution < 1.29 is 13.5 Å². The van der Waals surface area contributed by atoms with Crippen molar-refractivity contribution in [3.05, 3.63) is 46.3 Å². The van der Waals surface area contributed by atoms with E-state index in [-0.39, 0.29) is 10.8 Å². The molecule has 0 saturated heterocycles. The van der Waals surface area contributed by atoms with Crippen LogP contribution in [0.3, 0.4) is 0 Å². The molecule has 0 atom stereocenters. The van der Waals surface area contributed by atoms with E-state index in [2.05, 4.69) is 4.72 Å². The number of anilines is 1. The fourth-order valence-electron chi connectivity index (χ4n) is 1.79. The Balaban J connectivity index is 2.28. The number of benzene rings is 1. The molecule has 1 aromatic carbocycles. The molecule has 20 heavy (non-hydrogen) atoms. The van der Waals surface area contributed by atoms with E-state index in [1.807, 2.05) is 32.0 Å². The molecule has 0 aliphatic rings. The van der Waals surface area contributed by atoms with Gasteiger partial charge in [-0.1, -0.05) is 12.1 Å². The molecule has 0 fully saturated rings. The summed E-state index contributed by atoms with van der Waals surface area (Å²) in [5.41, 5.74) is 2.48. The molecular weight excluding hydrogens is 294 g/mol. The number of thiophene rings is 1. The zero-order chi connectivity index (χ0) is 14.8. The fourth-order valence-corrected chi connectivity index (χ4v) is 4.25. The summed E-state index contributed by atoms with van der Waals surface area (Å²) in [5, 5.41) is 8.88. The highest BCUT2D eigenvalue weighted by molar-refractivity contribution is 7.94. The molecule has 6 heteroatoms. The van der Waals surface area contributed by atoms with E-state index in [0.717, 1.165) is 16.0 Å². The number of rotatable bonds is 5. The quantitative estimate of drug-likeness (QED) is 0.892. The maximum atomic E-state index is 12.3. The van der Waals surface area contributed by atoms with Gasteiger partial charge in [-0.25, -0.2) is 8.42 Å². The summed E-state index contributed by atoms with van der Waals surface area (Å²) < 4.78 is 27.5. The third kappa shape index (κ3) is 3.39. The van der Waals surface area contributed by atoms with Crippen LogP contribution in [0.5, 0.6) is 0 Å². The van der Waals surface area contributed by atoms with Crippen molar-refractivity contribution in [3.8, 4) is 0 Å². The van der Waals surface area contributed by atoms with Gasteiger partial charge in [-0.2, -0.15) is 0 Å². The normalized spacial score (nSPS) is 11.6. The Labute approximate surface area is 123 Å². The van der Waals surface area contributed by atoms with E-state index in [0.29, 0.717) is 12.1 Å². The van der Waals surface area contributed by atoms with Crippen LogP contribution in [0.25, 0.3) is 0 Å². The van der Waals surface area contributed by atoms with Gasteiger partial charge in [-0.15, -0.1) is 11.3 Å². The second-order valence-electron chi connectivity index (χ2n) is 4.62. The van der Waals surface area contributed by atoms with Crippen molar-refractivity contribution >= 4 is 27.0 Å². The molecule has 0 spiro atoms. The topological polar surface area (TPSA) is 66.4 Å². The Bertz CT molecular complexity index is 705. The van der Waals surface area contributed by atoms with E-state index in [9.17, 15) is 8.42 Å². The van der Waals surface area contributed by atoms with E-state index in [4.69, 9.17) is 5.11 Å². The van der Waals surface area contributed by atoms with Crippen LogP contribution in [0.2, 0.25) is 0 Å². The molecule has 1 aromatic heterocycles. The van der Waals surface area contributed by atoms with Crippen LogP contribution in [0.4, 0.5) is 5.69 Å². The van der Waals surface area contributed by atoms with Gasteiger partial charge in [-0.05, 0) is 43.2 Å². The average molecular weight is 311 g/mol. The summed E-state index contributed by atoms with van der Waals surface area (Å²) in [6.07, 6.45) is 0.476. The molecule has 0 aliphatic heterocycles. The summed E-state index contributed by atoms with van der Waals surface area (Å²) in [6, 6.07) is 8.95. The number of hydrogen-bond acceptors (Lipinski definition) is 4. The van der Waals surface area contributed by atoms with Crippen LogP contribution in [-0.2, 0) is 16.4 Å². The van der Waals surface area contributed by atoms with E-state index in [1.165, 1.54) is 11.3 Å². The van der Waals surface area contributed by atoms with Crippen molar-refractivity contribution in [1.29, 1.82) is 0 Å². The fraction of sp³-hybridized carbons (Fsp3) is 0.286.